The van der Waals surface area contributed by atoms with Crippen LogP contribution in [0.5, 0.6) is 0 Å². The second-order valence-corrected chi connectivity index (χ2v) is 2.67. The Labute approximate surface area is 82.1 Å². The highest BCUT2D eigenvalue weighted by molar-refractivity contribution is 6.31. The van der Waals surface area contributed by atoms with Crippen LogP contribution < -0.4 is 0 Å². The van der Waals surface area contributed by atoms with Crippen molar-refractivity contribution in [2.75, 3.05) is 0 Å². The lowest BCUT2D eigenvalue weighted by Gasteiger charge is -2.00. The SMILES string of the molecule is Cc1c(Cl)ccnc1CCl.Cl. The van der Waals surface area contributed by atoms with Crippen LogP contribution in [0.15, 0.2) is 12.3 Å². The van der Waals surface area contributed by atoms with Gasteiger partial charge in [-0.05, 0) is 18.6 Å². The summed E-state index contributed by atoms with van der Waals surface area (Å²) in [6.45, 7) is 1.91. The molecular weight excluding hydrogens is 204 g/mol. The summed E-state index contributed by atoms with van der Waals surface area (Å²) in [7, 11) is 0. The normalized spacial score (nSPS) is 9.00. The van der Waals surface area contributed by atoms with E-state index in [9.17, 15) is 0 Å². The fourth-order valence-electron chi connectivity index (χ4n) is 0.687. The third-order valence-electron chi connectivity index (χ3n) is 1.37. The molecule has 0 atom stereocenters. The van der Waals surface area contributed by atoms with Crippen LogP contribution >= 0.6 is 35.6 Å². The minimum Gasteiger partial charge on any atom is -0.260 e. The predicted octanol–water partition coefficient (Wildman–Crippen LogP) is 3.20. The van der Waals surface area contributed by atoms with E-state index in [-0.39, 0.29) is 12.4 Å². The minimum atomic E-state index is 0. The zero-order chi connectivity index (χ0) is 7.56. The number of alkyl halides is 1. The van der Waals surface area contributed by atoms with Gasteiger partial charge in [-0.1, -0.05) is 11.6 Å². The van der Waals surface area contributed by atoms with Gasteiger partial charge >= 0.3 is 0 Å². The summed E-state index contributed by atoms with van der Waals surface area (Å²) in [5.41, 5.74) is 1.83. The van der Waals surface area contributed by atoms with Gasteiger partial charge in [-0.3, -0.25) is 4.98 Å². The zero-order valence-electron chi connectivity index (χ0n) is 5.97. The minimum absolute atomic E-state index is 0. The van der Waals surface area contributed by atoms with Crippen molar-refractivity contribution >= 4 is 35.6 Å². The molecular formula is C7H8Cl3N. The molecule has 0 unspecified atom stereocenters. The summed E-state index contributed by atoms with van der Waals surface area (Å²) in [4.78, 5) is 4.04. The molecule has 0 N–H and O–H groups in total. The van der Waals surface area contributed by atoms with Crippen LogP contribution in [-0.4, -0.2) is 4.98 Å². The summed E-state index contributed by atoms with van der Waals surface area (Å²) in [5.74, 6) is 0.423. The number of halogens is 3. The Bertz CT molecular complexity index is 237. The second kappa shape index (κ2) is 4.81. The highest BCUT2D eigenvalue weighted by atomic mass is 35.5. The van der Waals surface area contributed by atoms with Crippen LogP contribution in [0.3, 0.4) is 0 Å². The van der Waals surface area contributed by atoms with Crippen LogP contribution in [0.4, 0.5) is 0 Å². The molecule has 0 amide bonds. The van der Waals surface area contributed by atoms with E-state index in [2.05, 4.69) is 4.98 Å². The lowest BCUT2D eigenvalue weighted by atomic mass is 10.2. The Kier molecular flexibility index (Phi) is 4.82. The molecule has 0 saturated heterocycles. The van der Waals surface area contributed by atoms with Crippen molar-refractivity contribution in [2.45, 2.75) is 12.8 Å². The van der Waals surface area contributed by atoms with E-state index in [0.29, 0.717) is 5.88 Å². The number of hydrogen-bond donors (Lipinski definition) is 0. The molecule has 0 aliphatic rings. The summed E-state index contributed by atoms with van der Waals surface area (Å²) < 4.78 is 0. The van der Waals surface area contributed by atoms with E-state index in [1.165, 1.54) is 0 Å². The molecule has 0 radical (unpaired) electrons. The molecule has 0 saturated carbocycles. The molecule has 62 valence electrons. The molecule has 4 heteroatoms. The van der Waals surface area contributed by atoms with E-state index in [1.807, 2.05) is 6.92 Å². The second-order valence-electron chi connectivity index (χ2n) is 2.00. The van der Waals surface area contributed by atoms with Gasteiger partial charge in [0.25, 0.3) is 0 Å². The first-order valence-corrected chi connectivity index (χ1v) is 3.83. The number of nitrogens with zero attached hydrogens (tertiary/aromatic N) is 1. The summed E-state index contributed by atoms with van der Waals surface area (Å²) in [5, 5.41) is 0.727. The maximum absolute atomic E-state index is 5.79. The van der Waals surface area contributed by atoms with Crippen LogP contribution in [0, 0.1) is 6.92 Å². The van der Waals surface area contributed by atoms with Crippen LogP contribution in [0.25, 0.3) is 0 Å². The number of pyridine rings is 1. The van der Waals surface area contributed by atoms with Crippen molar-refractivity contribution in [3.8, 4) is 0 Å². The third kappa shape index (κ3) is 2.51. The first kappa shape index (κ1) is 11.0. The average Bonchev–Trinajstić information content (AvgIpc) is 1.95. The van der Waals surface area contributed by atoms with E-state index in [1.54, 1.807) is 12.3 Å². The van der Waals surface area contributed by atoms with Crippen molar-refractivity contribution in [3.05, 3.63) is 28.5 Å². The maximum Gasteiger partial charge on any atom is 0.0650 e. The highest BCUT2D eigenvalue weighted by Crippen LogP contribution is 2.17. The quantitative estimate of drug-likeness (QED) is 0.652. The first-order chi connectivity index (χ1) is 4.75. The molecule has 0 spiro atoms. The number of rotatable bonds is 1. The van der Waals surface area contributed by atoms with E-state index in [0.717, 1.165) is 16.3 Å². The van der Waals surface area contributed by atoms with Crippen LogP contribution in [-0.2, 0) is 5.88 Å². The molecule has 1 nitrogen and oxygen atoms in total. The molecule has 11 heavy (non-hydrogen) atoms. The lowest BCUT2D eigenvalue weighted by molar-refractivity contribution is 1.12. The number of aromatic nitrogens is 1. The van der Waals surface area contributed by atoms with Crippen molar-refractivity contribution < 1.29 is 0 Å². The summed E-state index contributed by atoms with van der Waals surface area (Å²) in [6, 6.07) is 1.76. The van der Waals surface area contributed by atoms with Crippen molar-refractivity contribution in [1.82, 2.24) is 4.98 Å². The summed E-state index contributed by atoms with van der Waals surface area (Å²) in [6.07, 6.45) is 1.66. The van der Waals surface area contributed by atoms with Gasteiger partial charge in [0, 0.05) is 11.2 Å². The molecule has 1 heterocycles. The first-order valence-electron chi connectivity index (χ1n) is 2.91. The zero-order valence-corrected chi connectivity index (χ0v) is 8.30. The van der Waals surface area contributed by atoms with Gasteiger partial charge in [-0.2, -0.15) is 0 Å². The molecule has 0 aliphatic carbocycles. The van der Waals surface area contributed by atoms with Crippen LogP contribution in [0.2, 0.25) is 5.02 Å². The molecule has 1 aromatic rings. The fourth-order valence-corrected chi connectivity index (χ4v) is 1.12. The van der Waals surface area contributed by atoms with Crippen molar-refractivity contribution in [3.63, 3.8) is 0 Å². The topological polar surface area (TPSA) is 12.9 Å². The van der Waals surface area contributed by atoms with Crippen LogP contribution in [0.1, 0.15) is 11.3 Å². The molecule has 0 fully saturated rings. The van der Waals surface area contributed by atoms with E-state index >= 15 is 0 Å². The van der Waals surface area contributed by atoms with Crippen molar-refractivity contribution in [2.24, 2.45) is 0 Å². The van der Waals surface area contributed by atoms with E-state index in [4.69, 9.17) is 23.2 Å². The molecule has 0 aromatic carbocycles. The smallest absolute Gasteiger partial charge is 0.0650 e. The van der Waals surface area contributed by atoms with Gasteiger partial charge in [0.15, 0.2) is 0 Å². The fraction of sp³-hybridized carbons (Fsp3) is 0.286. The van der Waals surface area contributed by atoms with Gasteiger partial charge < -0.3 is 0 Å². The monoisotopic (exact) mass is 211 g/mol. The van der Waals surface area contributed by atoms with Gasteiger partial charge in [0.1, 0.15) is 0 Å². The molecule has 0 bridgehead atoms. The standard InChI is InChI=1S/C7H7Cl2N.ClH/c1-5-6(9)2-3-10-7(5)4-8;/h2-3H,4H2,1H3;1H. The van der Waals surface area contributed by atoms with Gasteiger partial charge in [0.2, 0.25) is 0 Å². The molecule has 1 rings (SSSR count). The Morgan fingerprint density at radius 1 is 1.55 bits per heavy atom. The lowest BCUT2D eigenvalue weighted by Crippen LogP contribution is -1.89. The third-order valence-corrected chi connectivity index (χ3v) is 2.03. The Hall–Kier alpha value is 0.0200. The highest BCUT2D eigenvalue weighted by Gasteiger charge is 2.00. The largest absolute Gasteiger partial charge is 0.260 e. The predicted molar refractivity (Wildman–Crippen MR) is 50.8 cm³/mol. The van der Waals surface area contributed by atoms with Gasteiger partial charge in [0.05, 0.1) is 11.6 Å². The van der Waals surface area contributed by atoms with Crippen molar-refractivity contribution in [1.29, 1.82) is 0 Å². The maximum atomic E-state index is 5.79. The van der Waals surface area contributed by atoms with Gasteiger partial charge in [-0.25, -0.2) is 0 Å². The summed E-state index contributed by atoms with van der Waals surface area (Å²) >= 11 is 11.4. The average molecular weight is 213 g/mol. The Morgan fingerprint density at radius 3 is 2.64 bits per heavy atom. The van der Waals surface area contributed by atoms with E-state index < -0.39 is 0 Å². The Morgan fingerprint density at radius 2 is 2.18 bits per heavy atom. The molecule has 1 aromatic heterocycles. The number of hydrogen-bond acceptors (Lipinski definition) is 1. The molecule has 0 aliphatic heterocycles. The van der Waals surface area contributed by atoms with Gasteiger partial charge in [-0.15, -0.1) is 24.0 Å². The Balaban J connectivity index is 0.000001000.